The van der Waals surface area contributed by atoms with Crippen LogP contribution in [0.4, 0.5) is 17.1 Å². The predicted octanol–water partition coefficient (Wildman–Crippen LogP) is 8.38. The van der Waals surface area contributed by atoms with E-state index in [1.54, 1.807) is 0 Å². The van der Waals surface area contributed by atoms with Crippen LogP contribution in [0, 0.1) is 6.67 Å². The number of ether oxygens (including phenoxy) is 1. The number of hydrogen-bond donors (Lipinski definition) is 0. The molecule has 1 heterocycles. The van der Waals surface area contributed by atoms with Crippen LogP contribution in [0.2, 0.25) is 0 Å². The Hall–Kier alpha value is -1.18. The summed E-state index contributed by atoms with van der Waals surface area (Å²) in [4.78, 5) is 5.01. The maximum Gasteiger partial charge on any atom is 0.0156 e. The van der Waals surface area contributed by atoms with E-state index in [9.17, 15) is 0 Å². The number of rotatable bonds is 10. The van der Waals surface area contributed by atoms with Crippen LogP contribution in [-0.4, -0.2) is 44.9 Å². The molecule has 0 saturated carbocycles. The quantitative estimate of drug-likeness (QED) is 0.0882. The first-order chi connectivity index (χ1) is 21.9. The Bertz CT molecular complexity index is 1390. The minimum atomic E-state index is -1.85. The Morgan fingerprint density at radius 2 is 1.08 bits per heavy atom. The molecular weight excluding hydrogens is 837 g/mol. The van der Waals surface area contributed by atoms with Crippen molar-refractivity contribution in [2.24, 2.45) is 0 Å². The van der Waals surface area contributed by atoms with Crippen molar-refractivity contribution in [1.29, 1.82) is 0 Å². The standard InChI is InChI=1S/C27H39N2.C13H20NO.2ClH.HI.Ru/c1-18(2)22-11-9-12-23(19(3)4)26(22)28-15-16-29(17-28)27-24(20(5)6)13-10-14-25(27)21(7)8;1-10(2)15-13-8-7-12(9-11(13)3)14(4,5)6;;;;/h9-14,17-21H,15-16H2,1-8H3;3,7-10H,1-2,4-6H3;3*1H;/q-1;+1;;;;+2/p-3. The van der Waals surface area contributed by atoms with E-state index in [1.165, 1.54) is 39.3 Å². The van der Waals surface area contributed by atoms with Gasteiger partial charge in [0.2, 0.25) is 0 Å². The van der Waals surface area contributed by atoms with Gasteiger partial charge in [0.15, 0.2) is 0 Å². The van der Waals surface area contributed by atoms with Crippen LogP contribution in [0.3, 0.4) is 0 Å². The first-order valence-corrected chi connectivity index (χ1v) is 22.5. The van der Waals surface area contributed by atoms with Crippen molar-refractivity contribution >= 4 is 41.1 Å². The number of para-hydroxylation sites is 2. The van der Waals surface area contributed by atoms with Crippen molar-refractivity contribution in [1.82, 2.24) is 4.48 Å². The van der Waals surface area contributed by atoms with Gasteiger partial charge in [0.25, 0.3) is 0 Å². The summed E-state index contributed by atoms with van der Waals surface area (Å²) in [7, 11) is 18.3. The minimum Gasteiger partial charge on any atom is -1.00 e. The largest absolute Gasteiger partial charge is 1.00 e. The smallest absolute Gasteiger partial charge is 0.0156 e. The topological polar surface area (TPSA) is 15.7 Å². The van der Waals surface area contributed by atoms with Crippen LogP contribution in [-0.2, 0) is 13.5 Å². The van der Waals surface area contributed by atoms with Gasteiger partial charge in [-0.25, -0.2) is 0 Å². The summed E-state index contributed by atoms with van der Waals surface area (Å²) in [5.74, 6) is 2.91. The summed E-state index contributed by atoms with van der Waals surface area (Å²) in [6.45, 7) is 26.9. The number of nitrogens with zero attached hydrogens (tertiary/aromatic N) is 3. The van der Waals surface area contributed by atoms with Gasteiger partial charge in [-0.05, 0) is 45.9 Å². The molecule has 1 aliphatic heterocycles. The van der Waals surface area contributed by atoms with Gasteiger partial charge in [0, 0.05) is 24.5 Å². The Kier molecular flexibility index (Phi) is 16.9. The number of benzene rings is 3. The maximum atomic E-state index is 5.98. The third-order valence-corrected chi connectivity index (χ3v) is 10.3. The van der Waals surface area contributed by atoms with Gasteiger partial charge in [0.1, 0.15) is 0 Å². The number of hydrogen-bond acceptors (Lipinski definition) is 3. The molecule has 0 unspecified atom stereocenters. The van der Waals surface area contributed by atoms with E-state index in [4.69, 9.17) is 24.1 Å². The minimum absolute atomic E-state index is 0. The van der Waals surface area contributed by atoms with E-state index in [2.05, 4.69) is 142 Å². The van der Waals surface area contributed by atoms with Crippen LogP contribution in [0.1, 0.15) is 121 Å². The van der Waals surface area contributed by atoms with Crippen molar-refractivity contribution in [3.8, 4) is 5.75 Å². The molecule has 4 nitrogen and oxygen atoms in total. The van der Waals surface area contributed by atoms with Crippen molar-refractivity contribution < 1.29 is 42.2 Å². The molecule has 0 amide bonds. The zero-order valence-electron chi connectivity index (χ0n) is 31.4. The molecule has 3 aromatic rings. The fraction of sp³-hybridized carbons (Fsp3) is 0.500. The molecule has 48 heavy (non-hydrogen) atoms. The van der Waals surface area contributed by atoms with E-state index in [-0.39, 0.29) is 30.1 Å². The van der Waals surface area contributed by atoms with Crippen molar-refractivity contribution in [3.05, 3.63) is 89.1 Å². The van der Waals surface area contributed by atoms with E-state index in [1.807, 2.05) is 24.5 Å². The third kappa shape index (κ3) is 11.4. The van der Waals surface area contributed by atoms with Gasteiger partial charge < -0.3 is 33.8 Å². The van der Waals surface area contributed by atoms with E-state index < -0.39 is 13.5 Å². The van der Waals surface area contributed by atoms with Gasteiger partial charge in [0.05, 0.1) is 0 Å². The maximum absolute atomic E-state index is 5.98. The van der Waals surface area contributed by atoms with Crippen LogP contribution in [0.5, 0.6) is 5.75 Å². The summed E-state index contributed by atoms with van der Waals surface area (Å²) in [6.07, 6.45) is 0.137. The van der Waals surface area contributed by atoms with Crippen LogP contribution in [0.25, 0.3) is 0 Å². The van der Waals surface area contributed by atoms with Gasteiger partial charge in [-0.3, -0.25) is 0 Å². The molecule has 8 heteroatoms. The van der Waals surface area contributed by atoms with Crippen molar-refractivity contribution in [2.45, 2.75) is 99.0 Å². The zero-order chi connectivity index (χ0) is 35.2. The molecule has 0 spiro atoms. The normalized spacial score (nSPS) is 13.7. The molecule has 0 bridgehead atoms. The summed E-state index contributed by atoms with van der Waals surface area (Å²) in [5.41, 5.74) is 10.9. The Labute approximate surface area is 323 Å². The van der Waals surface area contributed by atoms with Gasteiger partial charge >= 0.3 is 123 Å². The molecule has 0 atom stereocenters. The fourth-order valence-electron chi connectivity index (χ4n) is 6.00. The number of quaternary nitrogens is 1. The second-order valence-corrected chi connectivity index (χ2v) is 20.6. The average Bonchev–Trinajstić information content (AvgIpc) is 3.46. The SMILES string of the molecule is CC(C)Oc1ccc([N+](C)(C)C)cc1[CH]=[Ru]([Cl])[Cl].CC(C)c1cccc(C(C)C)c1N1[CH-]N(c2c(C(C)C)cccc2C(C)C)CC1.[I-]. The van der Waals surface area contributed by atoms with Crippen LogP contribution < -0.4 is 43.0 Å². The van der Waals surface area contributed by atoms with Gasteiger partial charge in [-0.1, -0.05) is 91.8 Å². The van der Waals surface area contributed by atoms with Crippen LogP contribution >= 0.6 is 19.4 Å². The average molecular weight is 897 g/mol. The molecule has 1 fully saturated rings. The van der Waals surface area contributed by atoms with E-state index in [0.29, 0.717) is 23.7 Å². The first kappa shape index (κ1) is 43.0. The fourth-order valence-corrected chi connectivity index (χ4v) is 7.79. The summed E-state index contributed by atoms with van der Waals surface area (Å²) in [5, 5.41) is 0. The summed E-state index contributed by atoms with van der Waals surface area (Å²) >= 11 is -1.85. The molecule has 270 valence electrons. The molecular formula is C40H59Cl2IN3ORu-. The summed E-state index contributed by atoms with van der Waals surface area (Å²) < 4.78 is 8.47. The monoisotopic (exact) mass is 896 g/mol. The third-order valence-electron chi connectivity index (χ3n) is 8.44. The molecule has 1 aliphatic rings. The Morgan fingerprint density at radius 3 is 1.40 bits per heavy atom. The van der Waals surface area contributed by atoms with Gasteiger partial charge in [-0.2, -0.15) is 6.67 Å². The first-order valence-electron chi connectivity index (χ1n) is 17.0. The second kappa shape index (κ2) is 18.9. The Morgan fingerprint density at radius 1 is 0.688 bits per heavy atom. The van der Waals surface area contributed by atoms with Crippen molar-refractivity contribution in [3.63, 3.8) is 0 Å². The second-order valence-electron chi connectivity index (χ2n) is 14.9. The van der Waals surface area contributed by atoms with Crippen LogP contribution in [0.15, 0.2) is 54.6 Å². The van der Waals surface area contributed by atoms with Gasteiger partial charge in [-0.15, -0.1) is 0 Å². The molecule has 0 aromatic heterocycles. The van der Waals surface area contributed by atoms with E-state index >= 15 is 0 Å². The van der Waals surface area contributed by atoms with E-state index in [0.717, 1.165) is 28.9 Å². The molecule has 0 N–H and O–H groups in total. The number of halogens is 3. The molecule has 0 radical (unpaired) electrons. The molecule has 4 rings (SSSR count). The predicted molar refractivity (Wildman–Crippen MR) is 207 cm³/mol. The molecule has 1 saturated heterocycles. The Balaban J connectivity index is 0.000000364. The zero-order valence-corrected chi connectivity index (χ0v) is 36.8. The molecule has 0 aliphatic carbocycles. The molecule has 3 aromatic carbocycles. The summed E-state index contributed by atoms with van der Waals surface area (Å²) in [6, 6.07) is 19.9. The number of anilines is 2. The van der Waals surface area contributed by atoms with Crippen molar-refractivity contribution in [2.75, 3.05) is 44.0 Å².